The highest BCUT2D eigenvalue weighted by Crippen LogP contribution is 2.31. The van der Waals surface area contributed by atoms with Gasteiger partial charge in [-0.05, 0) is 12.1 Å². The molecule has 0 fully saturated rings. The fourth-order valence-electron chi connectivity index (χ4n) is 1.24. The van der Waals surface area contributed by atoms with Gasteiger partial charge >= 0.3 is 0 Å². The number of aliphatic hydroxyl groups excluding tert-OH is 2. The Bertz CT molecular complexity index is 614. The van der Waals surface area contributed by atoms with Gasteiger partial charge in [0, 0.05) is 19.3 Å². The largest absolute Gasteiger partial charge is 0.536 e. The molecule has 0 heterocycles. The second-order valence-corrected chi connectivity index (χ2v) is 6.26. The molecule has 0 unspecified atom stereocenters. The lowest BCUT2D eigenvalue weighted by Crippen LogP contribution is -2.34. The Balaban J connectivity index is 3.23. The molecular weight excluding hydrogens is 312 g/mol. The van der Waals surface area contributed by atoms with Crippen molar-refractivity contribution < 1.29 is 23.6 Å². The standard InChI is InChI=1S/C10H12ClN2O6S/c1-10(5-14,6-15)12-20(18,19)7-2-3-8(11)9(4-7)13(16)17/h2-4,14-15H,5-6H2,1H3/q-1. The molecule has 20 heavy (non-hydrogen) atoms. The summed E-state index contributed by atoms with van der Waals surface area (Å²) in [5, 5.41) is 28.6. The third-order valence-electron chi connectivity index (χ3n) is 2.43. The molecule has 112 valence electrons. The Kier molecular flexibility index (Phi) is 5.05. The average molecular weight is 324 g/mol. The second kappa shape index (κ2) is 6.02. The number of nitro groups is 1. The van der Waals surface area contributed by atoms with Crippen LogP contribution in [0.5, 0.6) is 0 Å². The van der Waals surface area contributed by atoms with Crippen molar-refractivity contribution >= 4 is 27.3 Å². The van der Waals surface area contributed by atoms with Crippen LogP contribution in [-0.4, -0.2) is 42.3 Å². The fraction of sp³-hybridized carbons (Fsp3) is 0.400. The minimum atomic E-state index is -4.27. The van der Waals surface area contributed by atoms with Crippen LogP contribution in [0.3, 0.4) is 0 Å². The van der Waals surface area contributed by atoms with Crippen molar-refractivity contribution in [3.05, 3.63) is 38.1 Å². The number of nitro benzene ring substituents is 1. The van der Waals surface area contributed by atoms with Crippen LogP contribution in [0.2, 0.25) is 5.02 Å². The van der Waals surface area contributed by atoms with Crippen molar-refractivity contribution in [1.29, 1.82) is 0 Å². The highest BCUT2D eigenvalue weighted by atomic mass is 35.5. The van der Waals surface area contributed by atoms with E-state index in [9.17, 15) is 18.5 Å². The normalized spacial score (nSPS) is 12.4. The first-order chi connectivity index (χ1) is 9.15. The smallest absolute Gasteiger partial charge is 0.289 e. The lowest BCUT2D eigenvalue weighted by atomic mass is 10.1. The number of benzene rings is 1. The summed E-state index contributed by atoms with van der Waals surface area (Å²) in [4.78, 5) is 9.45. The predicted octanol–water partition coefficient (Wildman–Crippen LogP) is 1.05. The van der Waals surface area contributed by atoms with Crippen LogP contribution in [0.4, 0.5) is 5.69 Å². The maximum Gasteiger partial charge on any atom is 0.289 e. The van der Waals surface area contributed by atoms with Gasteiger partial charge in [0.25, 0.3) is 5.69 Å². The molecule has 0 spiro atoms. The summed E-state index contributed by atoms with van der Waals surface area (Å²) in [5.41, 5.74) is -2.18. The van der Waals surface area contributed by atoms with Crippen molar-refractivity contribution in [2.45, 2.75) is 17.4 Å². The van der Waals surface area contributed by atoms with E-state index in [2.05, 4.69) is 4.72 Å². The van der Waals surface area contributed by atoms with Crippen LogP contribution in [0.1, 0.15) is 6.92 Å². The zero-order valence-electron chi connectivity index (χ0n) is 10.4. The molecule has 0 aliphatic heterocycles. The molecular formula is C10H12ClN2O6S-. The molecule has 0 aliphatic rings. The predicted molar refractivity (Wildman–Crippen MR) is 71.2 cm³/mol. The van der Waals surface area contributed by atoms with Gasteiger partial charge in [0.2, 0.25) is 0 Å². The Morgan fingerprint density at radius 3 is 2.40 bits per heavy atom. The van der Waals surface area contributed by atoms with E-state index >= 15 is 0 Å². The van der Waals surface area contributed by atoms with E-state index < -0.39 is 44.3 Å². The lowest BCUT2D eigenvalue weighted by molar-refractivity contribution is -0.384. The molecule has 0 amide bonds. The topological polar surface area (TPSA) is 132 Å². The summed E-state index contributed by atoms with van der Waals surface area (Å²) in [7, 11) is -4.27. The van der Waals surface area contributed by atoms with E-state index in [-0.39, 0.29) is 5.02 Å². The van der Waals surface area contributed by atoms with Gasteiger partial charge in [-0.15, -0.1) is 0 Å². The quantitative estimate of drug-likeness (QED) is 0.594. The molecule has 8 nitrogen and oxygen atoms in total. The molecule has 1 rings (SSSR count). The summed E-state index contributed by atoms with van der Waals surface area (Å²) in [6, 6.07) is 2.90. The second-order valence-electron chi connectivity index (χ2n) is 4.25. The number of nitrogens with zero attached hydrogens (tertiary/aromatic N) is 2. The lowest BCUT2D eigenvalue weighted by Gasteiger charge is -2.39. The summed E-state index contributed by atoms with van der Waals surface area (Å²) >= 11 is 5.58. The molecule has 1 aromatic rings. The summed E-state index contributed by atoms with van der Waals surface area (Å²) < 4.78 is 27.4. The maximum atomic E-state index is 12.0. The van der Waals surface area contributed by atoms with Crippen molar-refractivity contribution in [2.24, 2.45) is 0 Å². The molecule has 0 saturated heterocycles. The van der Waals surface area contributed by atoms with E-state index in [1.165, 1.54) is 6.92 Å². The summed E-state index contributed by atoms with van der Waals surface area (Å²) in [6.07, 6.45) is 0. The molecule has 10 heteroatoms. The van der Waals surface area contributed by atoms with Gasteiger partial charge in [0.05, 0.1) is 9.82 Å². The Hall–Kier alpha value is -1.26. The maximum absolute atomic E-state index is 12.0. The molecule has 0 bridgehead atoms. The zero-order chi connectivity index (χ0) is 15.6. The van der Waals surface area contributed by atoms with Gasteiger partial charge in [-0.2, -0.15) is 0 Å². The SMILES string of the molecule is CC(CO)(CO)[N-]S(=O)(=O)c1ccc(Cl)c([N+](=O)[O-])c1. The summed E-state index contributed by atoms with van der Waals surface area (Å²) in [5.74, 6) is 0. The highest BCUT2D eigenvalue weighted by Gasteiger charge is 2.21. The molecule has 0 aliphatic carbocycles. The molecule has 0 radical (unpaired) electrons. The third-order valence-corrected chi connectivity index (χ3v) is 4.28. The van der Waals surface area contributed by atoms with Gasteiger partial charge in [-0.1, -0.05) is 24.1 Å². The van der Waals surface area contributed by atoms with Crippen LogP contribution in [-0.2, 0) is 10.0 Å². The van der Waals surface area contributed by atoms with Crippen molar-refractivity contribution in [3.8, 4) is 0 Å². The number of rotatable bonds is 6. The third kappa shape index (κ3) is 3.64. The summed E-state index contributed by atoms with van der Waals surface area (Å²) in [6.45, 7) is -0.161. The minimum Gasteiger partial charge on any atom is -0.536 e. The van der Waals surface area contributed by atoms with Gasteiger partial charge in [0.1, 0.15) is 15.0 Å². The average Bonchev–Trinajstić information content (AvgIpc) is 2.38. The fourth-order valence-corrected chi connectivity index (χ4v) is 2.73. The van der Waals surface area contributed by atoms with E-state index in [1.807, 2.05) is 0 Å². The molecule has 0 saturated carbocycles. The number of halogens is 1. The van der Waals surface area contributed by atoms with Crippen LogP contribution in [0.25, 0.3) is 4.72 Å². The number of hydrogen-bond acceptors (Lipinski definition) is 6. The van der Waals surface area contributed by atoms with E-state index in [4.69, 9.17) is 21.8 Å². The molecule has 2 N–H and O–H groups in total. The van der Waals surface area contributed by atoms with E-state index in [1.54, 1.807) is 0 Å². The zero-order valence-corrected chi connectivity index (χ0v) is 11.9. The number of hydrogen-bond donors (Lipinski definition) is 2. The first-order valence-electron chi connectivity index (χ1n) is 5.30. The number of aliphatic hydroxyl groups is 2. The van der Waals surface area contributed by atoms with Crippen molar-refractivity contribution in [2.75, 3.05) is 13.2 Å². The van der Waals surface area contributed by atoms with E-state index in [0.717, 1.165) is 18.2 Å². The molecule has 0 aromatic heterocycles. The Morgan fingerprint density at radius 2 is 1.95 bits per heavy atom. The first-order valence-corrected chi connectivity index (χ1v) is 7.12. The van der Waals surface area contributed by atoms with Gasteiger partial charge < -0.3 is 14.9 Å². The van der Waals surface area contributed by atoms with Crippen LogP contribution in [0, 0.1) is 10.1 Å². The Labute approximate surface area is 120 Å². The first kappa shape index (κ1) is 16.8. The minimum absolute atomic E-state index is 0.207. The van der Waals surface area contributed by atoms with Crippen LogP contribution in [0.15, 0.2) is 23.1 Å². The van der Waals surface area contributed by atoms with Crippen molar-refractivity contribution in [3.63, 3.8) is 0 Å². The van der Waals surface area contributed by atoms with Crippen LogP contribution >= 0.6 is 11.6 Å². The highest BCUT2D eigenvalue weighted by molar-refractivity contribution is 7.94. The van der Waals surface area contributed by atoms with Crippen molar-refractivity contribution in [1.82, 2.24) is 0 Å². The van der Waals surface area contributed by atoms with Crippen LogP contribution < -0.4 is 0 Å². The van der Waals surface area contributed by atoms with Gasteiger partial charge in [0.15, 0.2) is 0 Å². The molecule has 0 atom stereocenters. The van der Waals surface area contributed by atoms with Gasteiger partial charge in [-0.3, -0.25) is 10.1 Å². The van der Waals surface area contributed by atoms with Gasteiger partial charge in [-0.25, -0.2) is 8.42 Å². The Morgan fingerprint density at radius 1 is 1.40 bits per heavy atom. The number of sulfonamides is 1. The van der Waals surface area contributed by atoms with E-state index in [0.29, 0.717) is 0 Å². The monoisotopic (exact) mass is 323 g/mol. The molecule has 1 aromatic carbocycles.